The zero-order chi connectivity index (χ0) is 15.5. The third kappa shape index (κ3) is 4.31. The molecule has 1 heterocycles. The predicted molar refractivity (Wildman–Crippen MR) is 87.2 cm³/mol. The van der Waals surface area contributed by atoms with Crippen LogP contribution in [-0.4, -0.2) is 47.9 Å². The van der Waals surface area contributed by atoms with Crippen molar-refractivity contribution in [3.63, 3.8) is 0 Å². The van der Waals surface area contributed by atoms with E-state index in [-0.39, 0.29) is 11.3 Å². The van der Waals surface area contributed by atoms with Crippen molar-refractivity contribution in [2.24, 2.45) is 5.41 Å². The van der Waals surface area contributed by atoms with E-state index in [4.69, 9.17) is 0 Å². The van der Waals surface area contributed by atoms with Crippen molar-refractivity contribution in [1.29, 1.82) is 0 Å². The maximum absolute atomic E-state index is 12.4. The normalized spacial score (nSPS) is 20.6. The average Bonchev–Trinajstić information content (AvgIpc) is 2.45. The number of carbonyl (C=O) groups excluding carboxylic acids is 1. The van der Waals surface area contributed by atoms with Crippen molar-refractivity contribution in [3.05, 3.63) is 35.9 Å². The second-order valence-electron chi connectivity index (χ2n) is 7.12. The van der Waals surface area contributed by atoms with Crippen molar-refractivity contribution in [2.75, 3.05) is 26.2 Å². The van der Waals surface area contributed by atoms with Crippen molar-refractivity contribution in [1.82, 2.24) is 9.80 Å². The van der Waals surface area contributed by atoms with Gasteiger partial charge in [0.1, 0.15) is 0 Å². The SMILES string of the molecule is CC1CN(C(=O)C(C)(C)C)CCN1CCc1ccccc1. The van der Waals surface area contributed by atoms with Crippen molar-refractivity contribution >= 4 is 5.91 Å². The van der Waals surface area contributed by atoms with E-state index in [2.05, 4.69) is 42.2 Å². The summed E-state index contributed by atoms with van der Waals surface area (Å²) in [4.78, 5) is 16.9. The van der Waals surface area contributed by atoms with E-state index < -0.39 is 0 Å². The molecule has 0 aliphatic carbocycles. The Hall–Kier alpha value is -1.35. The maximum Gasteiger partial charge on any atom is 0.228 e. The molecule has 1 aromatic rings. The van der Waals surface area contributed by atoms with Crippen LogP contribution < -0.4 is 0 Å². The molecule has 1 atom stereocenters. The van der Waals surface area contributed by atoms with E-state index in [0.29, 0.717) is 6.04 Å². The minimum absolute atomic E-state index is 0.272. The van der Waals surface area contributed by atoms with Gasteiger partial charge >= 0.3 is 0 Å². The number of rotatable bonds is 3. The first-order chi connectivity index (χ1) is 9.88. The summed E-state index contributed by atoms with van der Waals surface area (Å²) in [5, 5.41) is 0. The monoisotopic (exact) mass is 288 g/mol. The summed E-state index contributed by atoms with van der Waals surface area (Å²) in [7, 11) is 0. The van der Waals surface area contributed by atoms with Gasteiger partial charge in [-0.05, 0) is 18.9 Å². The number of carbonyl (C=O) groups is 1. The van der Waals surface area contributed by atoms with Gasteiger partial charge in [0.2, 0.25) is 5.91 Å². The van der Waals surface area contributed by atoms with E-state index in [1.165, 1.54) is 5.56 Å². The van der Waals surface area contributed by atoms with Gasteiger partial charge in [0, 0.05) is 37.6 Å². The number of amides is 1. The molecule has 3 nitrogen and oxygen atoms in total. The molecule has 1 aromatic carbocycles. The van der Waals surface area contributed by atoms with Gasteiger partial charge in [-0.3, -0.25) is 9.69 Å². The molecular weight excluding hydrogens is 260 g/mol. The highest BCUT2D eigenvalue weighted by atomic mass is 16.2. The Morgan fingerprint density at radius 3 is 2.43 bits per heavy atom. The molecule has 116 valence electrons. The highest BCUT2D eigenvalue weighted by Crippen LogP contribution is 2.20. The molecule has 0 aromatic heterocycles. The highest BCUT2D eigenvalue weighted by Gasteiger charge is 2.32. The first-order valence-electron chi connectivity index (χ1n) is 7.95. The van der Waals surface area contributed by atoms with Crippen LogP contribution in [0.15, 0.2) is 30.3 Å². The average molecular weight is 288 g/mol. The van der Waals surface area contributed by atoms with Crippen LogP contribution in [-0.2, 0) is 11.2 Å². The summed E-state index contributed by atoms with van der Waals surface area (Å²) in [5.41, 5.74) is 1.12. The lowest BCUT2D eigenvalue weighted by Gasteiger charge is -2.42. The van der Waals surface area contributed by atoms with Crippen LogP contribution in [0.3, 0.4) is 0 Å². The molecule has 0 saturated carbocycles. The molecule has 0 N–H and O–H groups in total. The van der Waals surface area contributed by atoms with Crippen molar-refractivity contribution < 1.29 is 4.79 Å². The topological polar surface area (TPSA) is 23.6 Å². The minimum atomic E-state index is -0.272. The minimum Gasteiger partial charge on any atom is -0.339 e. The lowest BCUT2D eigenvalue weighted by molar-refractivity contribution is -0.142. The number of hydrogen-bond acceptors (Lipinski definition) is 2. The van der Waals surface area contributed by atoms with Crippen LogP contribution in [0, 0.1) is 5.41 Å². The number of hydrogen-bond donors (Lipinski definition) is 0. The van der Waals surface area contributed by atoms with Crippen molar-refractivity contribution in [2.45, 2.75) is 40.2 Å². The summed E-state index contributed by atoms with van der Waals surface area (Å²) >= 11 is 0. The van der Waals surface area contributed by atoms with Gasteiger partial charge in [0.25, 0.3) is 0 Å². The van der Waals surface area contributed by atoms with Crippen molar-refractivity contribution in [3.8, 4) is 0 Å². The van der Waals surface area contributed by atoms with Gasteiger partial charge in [-0.25, -0.2) is 0 Å². The molecular formula is C18H28N2O. The van der Waals surface area contributed by atoms with E-state index in [0.717, 1.165) is 32.6 Å². The Morgan fingerprint density at radius 2 is 1.86 bits per heavy atom. The Balaban J connectivity index is 1.85. The Bertz CT molecular complexity index is 464. The molecule has 1 amide bonds. The fraction of sp³-hybridized carbons (Fsp3) is 0.611. The lowest BCUT2D eigenvalue weighted by Crippen LogP contribution is -2.55. The summed E-state index contributed by atoms with van der Waals surface area (Å²) in [5.74, 6) is 0.275. The largest absolute Gasteiger partial charge is 0.339 e. The summed E-state index contributed by atoms with van der Waals surface area (Å²) in [6, 6.07) is 11.1. The molecule has 3 heteroatoms. The molecule has 0 bridgehead atoms. The van der Waals surface area contributed by atoms with Crippen LogP contribution >= 0.6 is 0 Å². The standard InChI is InChI=1S/C18H28N2O/c1-15-14-20(17(21)18(2,3)4)13-12-19(15)11-10-16-8-6-5-7-9-16/h5-9,15H,10-14H2,1-4H3. The van der Waals surface area contributed by atoms with E-state index in [1.807, 2.05) is 25.7 Å². The fourth-order valence-electron chi connectivity index (χ4n) is 2.90. The highest BCUT2D eigenvalue weighted by molar-refractivity contribution is 5.81. The number of benzene rings is 1. The molecule has 1 fully saturated rings. The third-order valence-electron chi connectivity index (χ3n) is 4.22. The lowest BCUT2D eigenvalue weighted by atomic mass is 9.94. The Kier molecular flexibility index (Phi) is 5.04. The zero-order valence-electron chi connectivity index (χ0n) is 13.8. The second-order valence-corrected chi connectivity index (χ2v) is 7.12. The van der Waals surface area contributed by atoms with Gasteiger partial charge in [-0.15, -0.1) is 0 Å². The van der Waals surface area contributed by atoms with Gasteiger partial charge in [-0.2, -0.15) is 0 Å². The van der Waals surface area contributed by atoms with Crippen LogP contribution in [0.1, 0.15) is 33.3 Å². The quantitative estimate of drug-likeness (QED) is 0.854. The molecule has 0 radical (unpaired) electrons. The molecule has 2 rings (SSSR count). The number of nitrogens with zero attached hydrogens (tertiary/aromatic N) is 2. The first-order valence-corrected chi connectivity index (χ1v) is 7.95. The van der Waals surface area contributed by atoms with Crippen LogP contribution in [0.25, 0.3) is 0 Å². The smallest absolute Gasteiger partial charge is 0.228 e. The molecule has 1 aliphatic heterocycles. The summed E-state index contributed by atoms with van der Waals surface area (Å²) in [6.45, 7) is 12.0. The number of piperazine rings is 1. The zero-order valence-corrected chi connectivity index (χ0v) is 13.8. The van der Waals surface area contributed by atoms with E-state index in [9.17, 15) is 4.79 Å². The van der Waals surface area contributed by atoms with Gasteiger partial charge in [0.15, 0.2) is 0 Å². The first kappa shape index (κ1) is 16.0. The molecule has 1 aliphatic rings. The van der Waals surface area contributed by atoms with Crippen LogP contribution in [0.4, 0.5) is 0 Å². The van der Waals surface area contributed by atoms with E-state index >= 15 is 0 Å². The molecule has 1 unspecified atom stereocenters. The maximum atomic E-state index is 12.4. The van der Waals surface area contributed by atoms with Crippen LogP contribution in [0.2, 0.25) is 0 Å². The van der Waals surface area contributed by atoms with Gasteiger partial charge < -0.3 is 4.90 Å². The molecule has 21 heavy (non-hydrogen) atoms. The molecule has 0 spiro atoms. The van der Waals surface area contributed by atoms with E-state index in [1.54, 1.807) is 0 Å². The summed E-state index contributed by atoms with van der Waals surface area (Å²) in [6.07, 6.45) is 1.08. The second kappa shape index (κ2) is 6.61. The van der Waals surface area contributed by atoms with Gasteiger partial charge in [0.05, 0.1) is 0 Å². The third-order valence-corrected chi connectivity index (χ3v) is 4.22. The van der Waals surface area contributed by atoms with Crippen LogP contribution in [0.5, 0.6) is 0 Å². The fourth-order valence-corrected chi connectivity index (χ4v) is 2.90. The van der Waals surface area contributed by atoms with Gasteiger partial charge in [-0.1, -0.05) is 51.1 Å². The predicted octanol–water partition coefficient (Wildman–Crippen LogP) is 2.81. The molecule has 1 saturated heterocycles. The Morgan fingerprint density at radius 1 is 1.19 bits per heavy atom. The summed E-state index contributed by atoms with van der Waals surface area (Å²) < 4.78 is 0. The Labute approximate surface area is 128 Å².